The molecule has 0 unspecified atom stereocenters. The Hall–Kier alpha value is -6.31. The number of furan rings is 1. The predicted molar refractivity (Wildman–Crippen MR) is 183 cm³/mol. The molecule has 2 aromatic heterocycles. The molecule has 0 bridgehead atoms. The first-order valence-electron chi connectivity index (χ1n) is 14.9. The highest BCUT2D eigenvalue weighted by Crippen LogP contribution is 2.43. The number of fused-ring (bicyclic) bond motifs is 9. The van der Waals surface area contributed by atoms with E-state index >= 15 is 0 Å². The van der Waals surface area contributed by atoms with E-state index in [0.29, 0.717) is 11.4 Å². The van der Waals surface area contributed by atoms with Gasteiger partial charge in [0.05, 0.1) is 22.8 Å². The summed E-state index contributed by atoms with van der Waals surface area (Å²) >= 11 is 0. The summed E-state index contributed by atoms with van der Waals surface area (Å²) in [7, 11) is 0. The number of aromatic nitrogens is 2. The Kier molecular flexibility index (Phi) is 5.53. The summed E-state index contributed by atoms with van der Waals surface area (Å²) in [6, 6.07) is 49.7. The summed E-state index contributed by atoms with van der Waals surface area (Å²) in [5, 5.41) is 16.9. The van der Waals surface area contributed by atoms with Crippen LogP contribution in [0.2, 0.25) is 0 Å². The average molecular weight is 574 g/mol. The topological polar surface area (TPSA) is 62.7 Å². The van der Waals surface area contributed by atoms with E-state index in [1.54, 1.807) is 0 Å². The highest BCUT2D eigenvalue weighted by Gasteiger charge is 2.18. The van der Waals surface area contributed by atoms with Gasteiger partial charge in [0.1, 0.15) is 11.2 Å². The smallest absolute Gasteiger partial charge is 0.160 e. The first-order valence-corrected chi connectivity index (χ1v) is 14.9. The van der Waals surface area contributed by atoms with Crippen molar-refractivity contribution in [1.29, 1.82) is 5.26 Å². The van der Waals surface area contributed by atoms with Gasteiger partial charge in [0.25, 0.3) is 0 Å². The van der Waals surface area contributed by atoms with Gasteiger partial charge in [0, 0.05) is 32.7 Å². The van der Waals surface area contributed by atoms with Crippen LogP contribution in [-0.2, 0) is 0 Å². The predicted octanol–water partition coefficient (Wildman–Crippen LogP) is 10.7. The molecule has 0 radical (unpaired) electrons. The third-order valence-electron chi connectivity index (χ3n) is 8.69. The van der Waals surface area contributed by atoms with Gasteiger partial charge >= 0.3 is 0 Å². The molecule has 4 nitrogen and oxygen atoms in total. The fraction of sp³-hybridized carbons (Fsp3) is 0. The summed E-state index contributed by atoms with van der Waals surface area (Å²) in [4.78, 5) is 10.1. The van der Waals surface area contributed by atoms with Crippen molar-refractivity contribution in [2.75, 3.05) is 0 Å². The van der Waals surface area contributed by atoms with Crippen LogP contribution in [0.5, 0.6) is 0 Å². The summed E-state index contributed by atoms with van der Waals surface area (Å²) in [5.74, 6) is 0.676. The highest BCUT2D eigenvalue weighted by atomic mass is 16.3. The standard InChI is InChI=1S/C41H23N3O/c42-24-25-14-16-26(17-15-25)28-18-20-30-31-21-19-29(23-35(31)40-38(34(30)22-28)33-11-5-7-13-37(33)45-40)41-43-36-12-6-4-10-32(36)39(44-41)27-8-2-1-3-9-27/h1-23H. The Morgan fingerprint density at radius 1 is 0.489 bits per heavy atom. The monoisotopic (exact) mass is 573 g/mol. The van der Waals surface area contributed by atoms with Crippen molar-refractivity contribution in [3.63, 3.8) is 0 Å². The number of nitriles is 1. The van der Waals surface area contributed by atoms with E-state index in [2.05, 4.69) is 72.8 Å². The SMILES string of the molecule is N#Cc1ccc(-c2ccc3c4ccc(-c5nc(-c6ccccc6)c6ccccc6n5)cc4c4oc5ccccc5c4c3c2)cc1. The lowest BCUT2D eigenvalue weighted by Crippen LogP contribution is -1.95. The van der Waals surface area contributed by atoms with E-state index in [9.17, 15) is 5.26 Å². The van der Waals surface area contributed by atoms with Crippen LogP contribution in [0, 0.1) is 11.3 Å². The Morgan fingerprint density at radius 2 is 1.16 bits per heavy atom. The zero-order valence-corrected chi connectivity index (χ0v) is 24.0. The van der Waals surface area contributed by atoms with E-state index in [1.165, 1.54) is 0 Å². The van der Waals surface area contributed by atoms with Crippen LogP contribution in [-0.4, -0.2) is 9.97 Å². The number of para-hydroxylation sites is 2. The third-order valence-corrected chi connectivity index (χ3v) is 8.69. The average Bonchev–Trinajstić information content (AvgIpc) is 3.51. The Balaban J connectivity index is 1.32. The minimum Gasteiger partial charge on any atom is -0.455 e. The van der Waals surface area contributed by atoms with Gasteiger partial charge in [-0.05, 0) is 63.7 Å². The molecular formula is C41H23N3O. The first-order chi connectivity index (χ1) is 22.2. The Labute approximate surface area is 258 Å². The van der Waals surface area contributed by atoms with Crippen molar-refractivity contribution < 1.29 is 4.42 Å². The summed E-state index contributed by atoms with van der Waals surface area (Å²) in [6.07, 6.45) is 0. The molecule has 0 N–H and O–H groups in total. The minimum absolute atomic E-state index is 0.649. The van der Waals surface area contributed by atoms with Crippen LogP contribution in [0.4, 0.5) is 0 Å². The summed E-state index contributed by atoms with van der Waals surface area (Å²) in [5.41, 5.74) is 8.31. The van der Waals surface area contributed by atoms with Gasteiger partial charge < -0.3 is 4.42 Å². The molecule has 2 heterocycles. The molecule has 4 heteroatoms. The molecule has 0 aliphatic rings. The zero-order chi connectivity index (χ0) is 29.9. The van der Waals surface area contributed by atoms with Crippen molar-refractivity contribution in [3.8, 4) is 39.8 Å². The Morgan fingerprint density at radius 3 is 1.98 bits per heavy atom. The lowest BCUT2D eigenvalue weighted by atomic mass is 9.92. The molecular weight excluding hydrogens is 550 g/mol. The molecule has 45 heavy (non-hydrogen) atoms. The second kappa shape index (κ2) is 9.87. The van der Waals surface area contributed by atoms with Crippen LogP contribution >= 0.6 is 0 Å². The fourth-order valence-corrected chi connectivity index (χ4v) is 6.53. The van der Waals surface area contributed by atoms with E-state index in [-0.39, 0.29) is 0 Å². The number of nitrogens with zero attached hydrogens (tertiary/aromatic N) is 3. The van der Waals surface area contributed by atoms with Gasteiger partial charge in [-0.15, -0.1) is 0 Å². The molecule has 0 saturated carbocycles. The van der Waals surface area contributed by atoms with Gasteiger partial charge in [-0.2, -0.15) is 5.26 Å². The zero-order valence-electron chi connectivity index (χ0n) is 24.0. The van der Waals surface area contributed by atoms with Gasteiger partial charge in [-0.1, -0.05) is 103 Å². The maximum absolute atomic E-state index is 9.27. The highest BCUT2D eigenvalue weighted by molar-refractivity contribution is 6.30. The molecule has 7 aromatic carbocycles. The van der Waals surface area contributed by atoms with Gasteiger partial charge in [-0.3, -0.25) is 0 Å². The lowest BCUT2D eigenvalue weighted by molar-refractivity contribution is 0.673. The lowest BCUT2D eigenvalue weighted by Gasteiger charge is -2.12. The fourth-order valence-electron chi connectivity index (χ4n) is 6.53. The van der Waals surface area contributed by atoms with Crippen LogP contribution < -0.4 is 0 Å². The summed E-state index contributed by atoms with van der Waals surface area (Å²) < 4.78 is 6.63. The molecule has 0 amide bonds. The van der Waals surface area contributed by atoms with Crippen molar-refractivity contribution in [3.05, 3.63) is 145 Å². The molecule has 0 atom stereocenters. The van der Waals surface area contributed by atoms with Crippen LogP contribution in [0.1, 0.15) is 5.56 Å². The van der Waals surface area contributed by atoms with Crippen LogP contribution in [0.15, 0.2) is 144 Å². The largest absolute Gasteiger partial charge is 0.455 e. The third kappa shape index (κ3) is 3.99. The first kappa shape index (κ1) is 25.2. The van der Waals surface area contributed by atoms with E-state index < -0.39 is 0 Å². The minimum atomic E-state index is 0.649. The van der Waals surface area contributed by atoms with E-state index in [4.69, 9.17) is 14.4 Å². The molecule has 208 valence electrons. The van der Waals surface area contributed by atoms with Crippen LogP contribution in [0.25, 0.3) is 88.2 Å². The molecule has 0 saturated heterocycles. The van der Waals surface area contributed by atoms with Crippen molar-refractivity contribution >= 4 is 54.4 Å². The molecule has 9 rings (SSSR count). The number of hydrogen-bond acceptors (Lipinski definition) is 4. The van der Waals surface area contributed by atoms with E-state index in [1.807, 2.05) is 72.8 Å². The van der Waals surface area contributed by atoms with E-state index in [0.717, 1.165) is 82.3 Å². The number of hydrogen-bond donors (Lipinski definition) is 0. The maximum Gasteiger partial charge on any atom is 0.160 e. The molecule has 9 aromatic rings. The normalized spacial score (nSPS) is 11.5. The Bertz CT molecular complexity index is 2650. The molecule has 0 fully saturated rings. The second-order valence-corrected chi connectivity index (χ2v) is 11.3. The number of rotatable bonds is 3. The maximum atomic E-state index is 9.27. The molecule has 0 spiro atoms. The van der Waals surface area contributed by atoms with Crippen LogP contribution in [0.3, 0.4) is 0 Å². The van der Waals surface area contributed by atoms with Gasteiger partial charge in [-0.25, -0.2) is 9.97 Å². The van der Waals surface area contributed by atoms with Gasteiger partial charge in [0.15, 0.2) is 5.82 Å². The molecule has 0 aliphatic heterocycles. The number of benzene rings is 7. The van der Waals surface area contributed by atoms with Crippen molar-refractivity contribution in [2.24, 2.45) is 0 Å². The van der Waals surface area contributed by atoms with Gasteiger partial charge in [0.2, 0.25) is 0 Å². The second-order valence-electron chi connectivity index (χ2n) is 11.3. The van der Waals surface area contributed by atoms with Crippen molar-refractivity contribution in [1.82, 2.24) is 9.97 Å². The quantitative estimate of drug-likeness (QED) is 0.197. The van der Waals surface area contributed by atoms with Crippen molar-refractivity contribution in [2.45, 2.75) is 0 Å². The molecule has 0 aliphatic carbocycles. The summed E-state index contributed by atoms with van der Waals surface area (Å²) in [6.45, 7) is 0.